The summed E-state index contributed by atoms with van der Waals surface area (Å²) in [4.78, 5) is 32.8. The normalized spacial score (nSPS) is 14.1. The molecule has 0 radical (unpaired) electrons. The molecule has 1 fully saturated rings. The summed E-state index contributed by atoms with van der Waals surface area (Å²) >= 11 is 1.77. The number of benzene rings is 1. The molecule has 2 aromatic carbocycles. The number of hydrogen-bond donors (Lipinski definition) is 0. The Morgan fingerprint density at radius 2 is 1.83 bits per heavy atom. The van der Waals surface area contributed by atoms with Crippen LogP contribution in [0.2, 0.25) is 0 Å². The number of rotatable bonds is 7. The Morgan fingerprint density at radius 3 is 2.49 bits per heavy atom. The summed E-state index contributed by atoms with van der Waals surface area (Å²) in [5.41, 5.74) is -0.0290. The highest BCUT2D eigenvalue weighted by atomic mass is 32.2. The van der Waals surface area contributed by atoms with Gasteiger partial charge >= 0.3 is 6.43 Å². The molecule has 8 nitrogen and oxygen atoms in total. The SMILES string of the molecule is O=c1c(N2CCSCC2)c(N(Cc2ncc(-c3nnc(C(F)F)o3)cc2F)c2ccccc2)c1=O. The van der Waals surface area contributed by atoms with Gasteiger partial charge in [0.15, 0.2) is 0 Å². The van der Waals surface area contributed by atoms with E-state index in [1.807, 2.05) is 4.90 Å². The van der Waals surface area contributed by atoms with Crippen molar-refractivity contribution in [3.8, 4) is 11.5 Å². The van der Waals surface area contributed by atoms with E-state index in [4.69, 9.17) is 4.42 Å². The molecule has 0 unspecified atom stereocenters. The summed E-state index contributed by atoms with van der Waals surface area (Å²) in [5, 5.41) is 6.74. The van der Waals surface area contributed by atoms with Crippen molar-refractivity contribution in [1.82, 2.24) is 15.2 Å². The topological polar surface area (TPSA) is 92.4 Å². The largest absolute Gasteiger partial charge is 0.415 e. The minimum Gasteiger partial charge on any atom is -0.415 e. The van der Waals surface area contributed by atoms with Gasteiger partial charge in [-0.25, -0.2) is 4.39 Å². The molecule has 0 amide bonds. The third kappa shape index (κ3) is 4.41. The Labute approximate surface area is 201 Å². The van der Waals surface area contributed by atoms with Crippen LogP contribution in [0, 0.1) is 5.82 Å². The quantitative estimate of drug-likeness (QED) is 0.352. The predicted molar refractivity (Wildman–Crippen MR) is 126 cm³/mol. The molecule has 12 heteroatoms. The van der Waals surface area contributed by atoms with E-state index in [9.17, 15) is 18.4 Å². The molecule has 1 saturated heterocycles. The lowest BCUT2D eigenvalue weighted by Crippen LogP contribution is -2.47. The second-order valence-electron chi connectivity index (χ2n) is 7.78. The lowest BCUT2D eigenvalue weighted by atomic mass is 10.1. The number of aromatic nitrogens is 3. The molecule has 1 aliphatic rings. The van der Waals surface area contributed by atoms with E-state index < -0.39 is 29.0 Å². The number of thioether (sulfide) groups is 1. The molecule has 0 N–H and O–H groups in total. The van der Waals surface area contributed by atoms with E-state index in [-0.39, 0.29) is 29.4 Å². The monoisotopic (exact) mass is 501 g/mol. The Balaban J connectivity index is 1.50. The minimum atomic E-state index is -2.95. The van der Waals surface area contributed by atoms with E-state index in [1.165, 1.54) is 6.20 Å². The van der Waals surface area contributed by atoms with Crippen LogP contribution in [0.15, 0.2) is 56.6 Å². The summed E-state index contributed by atoms with van der Waals surface area (Å²) in [7, 11) is 0. The summed E-state index contributed by atoms with van der Waals surface area (Å²) in [6, 6.07) is 9.91. The van der Waals surface area contributed by atoms with E-state index >= 15 is 4.39 Å². The molecular formula is C23H18F3N5O3S. The molecule has 35 heavy (non-hydrogen) atoms. The minimum absolute atomic E-state index is 0.0144. The Kier molecular flexibility index (Phi) is 6.29. The van der Waals surface area contributed by atoms with E-state index in [2.05, 4.69) is 15.2 Å². The Morgan fingerprint density at radius 1 is 1.09 bits per heavy atom. The number of hydrogen-bond acceptors (Lipinski definition) is 9. The van der Waals surface area contributed by atoms with Gasteiger partial charge in [0.25, 0.3) is 16.7 Å². The molecule has 1 aliphatic heterocycles. The zero-order valence-corrected chi connectivity index (χ0v) is 19.0. The number of para-hydroxylation sites is 1. The van der Waals surface area contributed by atoms with Gasteiger partial charge in [-0.15, -0.1) is 10.2 Å². The van der Waals surface area contributed by atoms with Crippen molar-refractivity contribution in [1.29, 1.82) is 0 Å². The van der Waals surface area contributed by atoms with Gasteiger partial charge in [-0.2, -0.15) is 20.5 Å². The number of halogens is 3. The molecule has 0 bridgehead atoms. The fourth-order valence-corrected chi connectivity index (χ4v) is 4.80. The van der Waals surface area contributed by atoms with Gasteiger partial charge in [0.2, 0.25) is 5.89 Å². The summed E-state index contributed by atoms with van der Waals surface area (Å²) in [6.07, 6.45) is -1.72. The standard InChI is InChI=1S/C23H18F3N5O3S/c24-15-10-13(22-28-29-23(34-22)21(25)26)11-27-16(15)12-31(14-4-2-1-3-5-14)18-17(19(32)20(18)33)30-6-8-35-9-7-30/h1-5,10-11,21H,6-9,12H2. The molecular weight excluding hydrogens is 483 g/mol. The fraction of sp³-hybridized carbons (Fsp3) is 0.261. The maximum atomic E-state index is 15.1. The highest BCUT2D eigenvalue weighted by Gasteiger charge is 2.32. The maximum absolute atomic E-state index is 15.1. The number of alkyl halides is 2. The van der Waals surface area contributed by atoms with Gasteiger partial charge in [-0.05, 0) is 18.2 Å². The van der Waals surface area contributed by atoms with Crippen LogP contribution >= 0.6 is 11.8 Å². The van der Waals surface area contributed by atoms with Crippen LogP contribution in [0.3, 0.4) is 0 Å². The van der Waals surface area contributed by atoms with Gasteiger partial charge in [0.1, 0.15) is 17.2 Å². The average molecular weight is 501 g/mol. The van der Waals surface area contributed by atoms with Crippen LogP contribution in [-0.4, -0.2) is 39.8 Å². The lowest BCUT2D eigenvalue weighted by molar-refractivity contribution is 0.116. The van der Waals surface area contributed by atoms with Crippen molar-refractivity contribution in [3.05, 3.63) is 80.4 Å². The van der Waals surface area contributed by atoms with Crippen LogP contribution in [0.25, 0.3) is 11.5 Å². The van der Waals surface area contributed by atoms with Crippen molar-refractivity contribution in [3.63, 3.8) is 0 Å². The highest BCUT2D eigenvalue weighted by Crippen LogP contribution is 2.34. The molecule has 3 heterocycles. The molecule has 0 aliphatic carbocycles. The molecule has 180 valence electrons. The van der Waals surface area contributed by atoms with Gasteiger partial charge in [-0.1, -0.05) is 18.2 Å². The van der Waals surface area contributed by atoms with Crippen molar-refractivity contribution >= 4 is 28.8 Å². The summed E-state index contributed by atoms with van der Waals surface area (Å²) in [5.74, 6) is -0.238. The van der Waals surface area contributed by atoms with Gasteiger partial charge in [0.05, 0.1) is 17.8 Å². The third-order valence-corrected chi connectivity index (χ3v) is 6.57. The molecule has 4 aromatic rings. The molecule has 5 rings (SSSR count). The lowest BCUT2D eigenvalue weighted by Gasteiger charge is -2.34. The van der Waals surface area contributed by atoms with Crippen LogP contribution in [-0.2, 0) is 6.54 Å². The molecule has 0 saturated carbocycles. The molecule has 0 spiro atoms. The van der Waals surface area contributed by atoms with Gasteiger partial charge < -0.3 is 14.2 Å². The maximum Gasteiger partial charge on any atom is 0.314 e. The first kappa shape index (κ1) is 23.1. The van der Waals surface area contributed by atoms with Crippen LogP contribution in [0.1, 0.15) is 18.0 Å². The number of anilines is 3. The first-order valence-electron chi connectivity index (χ1n) is 10.7. The van der Waals surface area contributed by atoms with Gasteiger partial charge in [-0.3, -0.25) is 14.6 Å². The molecule has 2 aromatic heterocycles. The Bertz CT molecular complexity index is 1420. The summed E-state index contributed by atoms with van der Waals surface area (Å²) < 4.78 is 45.4. The van der Waals surface area contributed by atoms with E-state index in [1.54, 1.807) is 47.0 Å². The third-order valence-electron chi connectivity index (χ3n) is 5.63. The second kappa shape index (κ2) is 9.53. The zero-order valence-electron chi connectivity index (χ0n) is 18.2. The van der Waals surface area contributed by atoms with Crippen LogP contribution in [0.4, 0.5) is 30.2 Å². The first-order valence-corrected chi connectivity index (χ1v) is 11.8. The second-order valence-corrected chi connectivity index (χ2v) is 9.00. The first-order chi connectivity index (χ1) is 16.9. The van der Waals surface area contributed by atoms with Crippen molar-refractivity contribution in [2.45, 2.75) is 13.0 Å². The Hall–Kier alpha value is -3.67. The number of nitrogens with zero attached hydrogens (tertiary/aromatic N) is 5. The molecule has 0 atom stereocenters. The van der Waals surface area contributed by atoms with Crippen LogP contribution < -0.4 is 20.7 Å². The van der Waals surface area contributed by atoms with Gasteiger partial charge in [0, 0.05) is 36.5 Å². The fourth-order valence-electron chi connectivity index (χ4n) is 3.89. The van der Waals surface area contributed by atoms with Crippen molar-refractivity contribution in [2.24, 2.45) is 0 Å². The van der Waals surface area contributed by atoms with E-state index in [0.717, 1.165) is 17.6 Å². The van der Waals surface area contributed by atoms with E-state index in [0.29, 0.717) is 24.5 Å². The average Bonchev–Trinajstić information content (AvgIpc) is 3.38. The zero-order chi connectivity index (χ0) is 24.5. The smallest absolute Gasteiger partial charge is 0.314 e. The number of pyridine rings is 1. The summed E-state index contributed by atoms with van der Waals surface area (Å²) in [6.45, 7) is 1.14. The van der Waals surface area contributed by atoms with Crippen molar-refractivity contribution in [2.75, 3.05) is 34.4 Å². The van der Waals surface area contributed by atoms with Crippen LogP contribution in [0.5, 0.6) is 0 Å². The predicted octanol–water partition coefficient (Wildman–Crippen LogP) is 3.70. The van der Waals surface area contributed by atoms with Crippen molar-refractivity contribution < 1.29 is 17.6 Å². The highest BCUT2D eigenvalue weighted by molar-refractivity contribution is 7.99.